The molecule has 144 valence electrons. The van der Waals surface area contributed by atoms with Crippen molar-refractivity contribution in [1.29, 1.82) is 0 Å². The van der Waals surface area contributed by atoms with Gasteiger partial charge in [-0.25, -0.2) is 0 Å². The third-order valence-electron chi connectivity index (χ3n) is 4.74. The average molecular weight is 368 g/mol. The fraction of sp³-hybridized carbons (Fsp3) is 0.429. The Hall–Kier alpha value is -2.76. The number of hydrogen-bond acceptors (Lipinski definition) is 5. The number of benzene rings is 1. The van der Waals surface area contributed by atoms with Crippen molar-refractivity contribution < 1.29 is 9.53 Å². The SMILES string of the molecule is COc1ccc(N2CCN(c3cncc(C(=O)NCC(C)C)c3)CC2)cc1. The lowest BCUT2D eigenvalue weighted by atomic mass is 10.2. The molecule has 0 bridgehead atoms. The van der Waals surface area contributed by atoms with Crippen LogP contribution >= 0.6 is 0 Å². The molecule has 0 saturated carbocycles. The van der Waals surface area contributed by atoms with Crippen LogP contribution < -0.4 is 19.9 Å². The van der Waals surface area contributed by atoms with E-state index >= 15 is 0 Å². The predicted molar refractivity (Wildman–Crippen MR) is 109 cm³/mol. The lowest BCUT2D eigenvalue weighted by Gasteiger charge is -2.37. The van der Waals surface area contributed by atoms with Crippen molar-refractivity contribution in [2.75, 3.05) is 49.6 Å². The number of hydrogen-bond donors (Lipinski definition) is 1. The van der Waals surface area contributed by atoms with E-state index in [2.05, 4.69) is 46.1 Å². The second-order valence-electron chi connectivity index (χ2n) is 7.21. The van der Waals surface area contributed by atoms with E-state index in [1.54, 1.807) is 13.3 Å². The van der Waals surface area contributed by atoms with E-state index in [0.29, 0.717) is 18.0 Å². The van der Waals surface area contributed by atoms with Crippen molar-refractivity contribution in [1.82, 2.24) is 10.3 Å². The largest absolute Gasteiger partial charge is 0.497 e. The molecule has 1 aliphatic rings. The van der Waals surface area contributed by atoms with Crippen molar-refractivity contribution in [3.05, 3.63) is 48.3 Å². The Bertz CT molecular complexity index is 753. The second-order valence-corrected chi connectivity index (χ2v) is 7.21. The zero-order valence-electron chi connectivity index (χ0n) is 16.3. The van der Waals surface area contributed by atoms with Gasteiger partial charge in [0.2, 0.25) is 0 Å². The van der Waals surface area contributed by atoms with Crippen LogP contribution in [0.5, 0.6) is 5.75 Å². The zero-order chi connectivity index (χ0) is 19.2. The minimum Gasteiger partial charge on any atom is -0.497 e. The Labute approximate surface area is 161 Å². The monoisotopic (exact) mass is 368 g/mol. The smallest absolute Gasteiger partial charge is 0.252 e. The Morgan fingerprint density at radius 2 is 1.70 bits per heavy atom. The van der Waals surface area contributed by atoms with Crippen LogP contribution in [0.3, 0.4) is 0 Å². The van der Waals surface area contributed by atoms with Crippen LogP contribution in [0.2, 0.25) is 0 Å². The number of ether oxygens (including phenoxy) is 1. The molecule has 1 amide bonds. The second kappa shape index (κ2) is 8.75. The number of anilines is 2. The van der Waals surface area contributed by atoms with E-state index < -0.39 is 0 Å². The summed E-state index contributed by atoms with van der Waals surface area (Å²) in [6, 6.07) is 10.1. The Kier molecular flexibility index (Phi) is 6.16. The van der Waals surface area contributed by atoms with Crippen molar-refractivity contribution in [2.45, 2.75) is 13.8 Å². The number of rotatable bonds is 6. The molecule has 0 atom stereocenters. The molecular formula is C21H28N4O2. The summed E-state index contributed by atoms with van der Waals surface area (Å²) in [7, 11) is 1.68. The number of piperazine rings is 1. The molecule has 1 saturated heterocycles. The number of nitrogens with one attached hydrogen (secondary N) is 1. The number of aromatic nitrogens is 1. The molecule has 6 heteroatoms. The van der Waals surface area contributed by atoms with Crippen molar-refractivity contribution >= 4 is 17.3 Å². The van der Waals surface area contributed by atoms with Gasteiger partial charge in [0.1, 0.15) is 5.75 Å². The van der Waals surface area contributed by atoms with Crippen LogP contribution in [0.4, 0.5) is 11.4 Å². The van der Waals surface area contributed by atoms with Crippen molar-refractivity contribution in [3.63, 3.8) is 0 Å². The zero-order valence-corrected chi connectivity index (χ0v) is 16.3. The third kappa shape index (κ3) is 4.90. The maximum absolute atomic E-state index is 12.3. The van der Waals surface area contributed by atoms with Crippen molar-refractivity contribution in [3.8, 4) is 5.75 Å². The first kappa shape index (κ1) is 19.0. The van der Waals surface area contributed by atoms with Crippen LogP contribution in [0.1, 0.15) is 24.2 Å². The summed E-state index contributed by atoms with van der Waals surface area (Å²) >= 11 is 0. The molecular weight excluding hydrogens is 340 g/mol. The van der Waals surface area contributed by atoms with E-state index in [0.717, 1.165) is 37.6 Å². The maximum atomic E-state index is 12.3. The Balaban J connectivity index is 1.60. The highest BCUT2D eigenvalue weighted by Crippen LogP contribution is 2.23. The van der Waals surface area contributed by atoms with Crippen LogP contribution in [-0.2, 0) is 0 Å². The number of amides is 1. The van der Waals surface area contributed by atoms with Crippen LogP contribution in [0.25, 0.3) is 0 Å². The van der Waals surface area contributed by atoms with Gasteiger partial charge in [-0.05, 0) is 36.2 Å². The van der Waals surface area contributed by atoms with E-state index in [4.69, 9.17) is 4.74 Å². The summed E-state index contributed by atoms with van der Waals surface area (Å²) < 4.78 is 5.23. The number of carbonyl (C=O) groups excluding carboxylic acids is 1. The highest BCUT2D eigenvalue weighted by molar-refractivity contribution is 5.94. The van der Waals surface area contributed by atoms with Gasteiger partial charge in [0.25, 0.3) is 5.91 Å². The van der Waals surface area contributed by atoms with E-state index in [1.165, 1.54) is 5.69 Å². The molecule has 1 N–H and O–H groups in total. The van der Waals surface area contributed by atoms with Gasteiger partial charge in [-0.3, -0.25) is 9.78 Å². The summed E-state index contributed by atoms with van der Waals surface area (Å²) in [6.45, 7) is 8.47. The quantitative estimate of drug-likeness (QED) is 0.850. The first-order chi connectivity index (χ1) is 13.1. The molecule has 1 aromatic carbocycles. The van der Waals surface area contributed by atoms with E-state index in [-0.39, 0.29) is 5.91 Å². The molecule has 6 nitrogen and oxygen atoms in total. The van der Waals surface area contributed by atoms with Gasteiger partial charge in [0.15, 0.2) is 0 Å². The van der Waals surface area contributed by atoms with Gasteiger partial charge in [-0.2, -0.15) is 0 Å². The number of pyridine rings is 1. The lowest BCUT2D eigenvalue weighted by Crippen LogP contribution is -2.46. The highest BCUT2D eigenvalue weighted by atomic mass is 16.5. The topological polar surface area (TPSA) is 57.7 Å². The number of methoxy groups -OCH3 is 1. The molecule has 1 aliphatic heterocycles. The first-order valence-corrected chi connectivity index (χ1v) is 9.44. The fourth-order valence-corrected chi connectivity index (χ4v) is 3.14. The maximum Gasteiger partial charge on any atom is 0.252 e. The summed E-state index contributed by atoms with van der Waals surface area (Å²) in [5, 5.41) is 2.95. The van der Waals surface area contributed by atoms with E-state index in [1.807, 2.05) is 24.4 Å². The van der Waals surface area contributed by atoms with Gasteiger partial charge < -0.3 is 19.9 Å². The predicted octanol–water partition coefficient (Wildman–Crippen LogP) is 2.80. The van der Waals surface area contributed by atoms with Gasteiger partial charge in [-0.1, -0.05) is 13.8 Å². The van der Waals surface area contributed by atoms with E-state index in [9.17, 15) is 4.79 Å². The minimum atomic E-state index is -0.0603. The molecule has 0 radical (unpaired) electrons. The average Bonchev–Trinajstić information content (AvgIpc) is 2.72. The molecule has 0 unspecified atom stereocenters. The normalized spacial score (nSPS) is 14.4. The molecule has 3 rings (SSSR count). The van der Waals surface area contributed by atoms with Crippen LogP contribution in [0.15, 0.2) is 42.7 Å². The highest BCUT2D eigenvalue weighted by Gasteiger charge is 2.19. The van der Waals surface area contributed by atoms with Crippen LogP contribution in [0, 0.1) is 5.92 Å². The molecule has 27 heavy (non-hydrogen) atoms. The minimum absolute atomic E-state index is 0.0603. The summed E-state index contributed by atoms with van der Waals surface area (Å²) in [5.74, 6) is 1.24. The molecule has 0 aliphatic carbocycles. The number of nitrogens with zero attached hydrogens (tertiary/aromatic N) is 3. The summed E-state index contributed by atoms with van der Waals surface area (Å²) in [4.78, 5) is 21.2. The fourth-order valence-electron chi connectivity index (χ4n) is 3.14. The first-order valence-electron chi connectivity index (χ1n) is 9.44. The molecule has 1 aromatic heterocycles. The molecule has 0 spiro atoms. The Morgan fingerprint density at radius 3 is 2.30 bits per heavy atom. The van der Waals surface area contributed by atoms with Crippen molar-refractivity contribution in [2.24, 2.45) is 5.92 Å². The molecule has 1 fully saturated rings. The Morgan fingerprint density at radius 1 is 1.07 bits per heavy atom. The van der Waals surface area contributed by atoms with Gasteiger partial charge in [0, 0.05) is 44.6 Å². The van der Waals surface area contributed by atoms with Gasteiger partial charge in [-0.15, -0.1) is 0 Å². The standard InChI is InChI=1S/C21H28N4O2/c1-16(2)13-23-21(26)17-12-19(15-22-14-17)25-10-8-24(9-11-25)18-4-6-20(27-3)7-5-18/h4-7,12,14-16H,8-11,13H2,1-3H3,(H,23,26). The molecule has 2 heterocycles. The van der Waals surface area contributed by atoms with Gasteiger partial charge in [0.05, 0.1) is 24.6 Å². The summed E-state index contributed by atoms with van der Waals surface area (Å²) in [5.41, 5.74) is 2.82. The van der Waals surface area contributed by atoms with Crippen LogP contribution in [-0.4, -0.2) is 50.7 Å². The molecule has 2 aromatic rings. The lowest BCUT2D eigenvalue weighted by molar-refractivity contribution is 0.0948. The third-order valence-corrected chi connectivity index (χ3v) is 4.74. The van der Waals surface area contributed by atoms with Gasteiger partial charge >= 0.3 is 0 Å². The summed E-state index contributed by atoms with van der Waals surface area (Å²) in [6.07, 6.45) is 3.47. The number of carbonyl (C=O) groups is 1.